The lowest BCUT2D eigenvalue weighted by molar-refractivity contribution is -0.126. The zero-order chi connectivity index (χ0) is 20.1. The van der Waals surface area contributed by atoms with E-state index in [0.29, 0.717) is 16.8 Å². The van der Waals surface area contributed by atoms with E-state index in [4.69, 9.17) is 0 Å². The van der Waals surface area contributed by atoms with Crippen LogP contribution in [0, 0.1) is 6.92 Å². The molecule has 2 aliphatic rings. The molecule has 7 nitrogen and oxygen atoms in total. The molecule has 0 aliphatic carbocycles. The highest BCUT2D eigenvalue weighted by Crippen LogP contribution is 2.45. The molecule has 8 heteroatoms. The third kappa shape index (κ3) is 2.86. The van der Waals surface area contributed by atoms with E-state index in [0.717, 1.165) is 10.5 Å². The van der Waals surface area contributed by atoms with Crippen LogP contribution in [-0.4, -0.2) is 39.3 Å². The van der Waals surface area contributed by atoms with Crippen LogP contribution in [0.5, 0.6) is 5.75 Å². The third-order valence-electron chi connectivity index (χ3n) is 4.85. The monoisotopic (exact) mass is 395 g/mol. The number of aliphatic imine (C=N–C) groups is 1. The van der Waals surface area contributed by atoms with E-state index in [9.17, 15) is 19.5 Å². The van der Waals surface area contributed by atoms with Gasteiger partial charge in [-0.1, -0.05) is 24.3 Å². The van der Waals surface area contributed by atoms with E-state index < -0.39 is 16.8 Å². The Morgan fingerprint density at radius 3 is 2.64 bits per heavy atom. The Morgan fingerprint density at radius 2 is 1.93 bits per heavy atom. The van der Waals surface area contributed by atoms with Crippen LogP contribution in [0.1, 0.15) is 23.6 Å². The Hall–Kier alpha value is -3.13. The molecule has 2 aliphatic heterocycles. The number of hydrogen-bond acceptors (Lipinski definition) is 5. The third-order valence-corrected chi connectivity index (χ3v) is 6.22. The van der Waals surface area contributed by atoms with Gasteiger partial charge in [0, 0.05) is 5.56 Å². The number of hydrogen-bond donors (Lipinski definition) is 2. The summed E-state index contributed by atoms with van der Waals surface area (Å²) >= 11 is 1.30. The number of urea groups is 1. The van der Waals surface area contributed by atoms with Crippen LogP contribution in [0.4, 0.5) is 10.5 Å². The van der Waals surface area contributed by atoms with Crippen LogP contribution in [0.3, 0.4) is 0 Å². The molecule has 1 fully saturated rings. The average Bonchev–Trinajstić information content (AvgIpc) is 3.12. The molecule has 2 aromatic rings. The molecular weight excluding hydrogens is 378 g/mol. The van der Waals surface area contributed by atoms with Crippen molar-refractivity contribution in [3.05, 3.63) is 59.2 Å². The number of imide groups is 1. The maximum absolute atomic E-state index is 13.0. The number of nitrogens with one attached hydrogen (secondary N) is 1. The van der Waals surface area contributed by atoms with Gasteiger partial charge in [-0.15, -0.1) is 11.8 Å². The molecule has 4 rings (SSSR count). The van der Waals surface area contributed by atoms with E-state index in [2.05, 4.69) is 10.3 Å². The van der Waals surface area contributed by atoms with Gasteiger partial charge in [-0.2, -0.15) is 4.99 Å². The number of carbonyl (C=O) groups is 3. The topological polar surface area (TPSA) is 99.1 Å². The van der Waals surface area contributed by atoms with Crippen molar-refractivity contribution in [2.75, 3.05) is 11.1 Å². The summed E-state index contributed by atoms with van der Waals surface area (Å²) in [5.74, 6) is -0.637. The summed E-state index contributed by atoms with van der Waals surface area (Å²) < 4.78 is 0. The molecule has 1 unspecified atom stereocenters. The average molecular weight is 395 g/mol. The molecular formula is C20H17N3O4S. The molecule has 28 heavy (non-hydrogen) atoms. The molecule has 1 saturated heterocycles. The summed E-state index contributed by atoms with van der Waals surface area (Å²) in [7, 11) is 0. The quantitative estimate of drug-likeness (QED) is 0.773. The van der Waals surface area contributed by atoms with Gasteiger partial charge in [-0.3, -0.25) is 9.59 Å². The van der Waals surface area contributed by atoms with Gasteiger partial charge in [-0.05, 0) is 43.2 Å². The second-order valence-electron chi connectivity index (χ2n) is 6.79. The van der Waals surface area contributed by atoms with Crippen LogP contribution in [0.2, 0.25) is 0 Å². The van der Waals surface area contributed by atoms with Crippen molar-refractivity contribution in [3.63, 3.8) is 0 Å². The molecule has 0 spiro atoms. The van der Waals surface area contributed by atoms with Gasteiger partial charge >= 0.3 is 6.03 Å². The molecule has 1 atom stereocenters. The fourth-order valence-corrected chi connectivity index (χ4v) is 4.52. The number of thioether (sulfide) groups is 1. The predicted octanol–water partition coefficient (Wildman–Crippen LogP) is 3.01. The number of benzene rings is 2. The number of amides is 4. The first-order chi connectivity index (χ1) is 13.3. The zero-order valence-corrected chi connectivity index (χ0v) is 16.0. The molecule has 2 N–H and O–H groups in total. The lowest BCUT2D eigenvalue weighted by Gasteiger charge is -2.31. The van der Waals surface area contributed by atoms with Crippen molar-refractivity contribution in [3.8, 4) is 5.75 Å². The minimum absolute atomic E-state index is 0.00208. The van der Waals surface area contributed by atoms with Crippen LogP contribution in [0.15, 0.2) is 47.5 Å². The van der Waals surface area contributed by atoms with E-state index >= 15 is 0 Å². The number of fused-ring (bicyclic) bond motifs is 1. The number of phenols is 1. The van der Waals surface area contributed by atoms with Gasteiger partial charge in [0.15, 0.2) is 0 Å². The summed E-state index contributed by atoms with van der Waals surface area (Å²) in [4.78, 5) is 41.9. The van der Waals surface area contributed by atoms with Gasteiger partial charge in [0.1, 0.15) is 16.3 Å². The van der Waals surface area contributed by atoms with Crippen LogP contribution in [-0.2, 0) is 14.5 Å². The minimum atomic E-state index is -0.975. The highest BCUT2D eigenvalue weighted by Gasteiger charge is 2.48. The molecule has 0 bridgehead atoms. The van der Waals surface area contributed by atoms with E-state index in [1.807, 2.05) is 13.0 Å². The van der Waals surface area contributed by atoms with Crippen molar-refractivity contribution < 1.29 is 19.5 Å². The SMILES string of the molecule is Cc1ccc2c(c1)NC(=O)C2=NC(=O)N1C(=O)CSC1(C)c1ccc(O)cc1. The Labute approximate surface area is 165 Å². The van der Waals surface area contributed by atoms with Gasteiger partial charge in [0.2, 0.25) is 5.91 Å². The van der Waals surface area contributed by atoms with Crippen molar-refractivity contribution in [1.29, 1.82) is 0 Å². The summed E-state index contributed by atoms with van der Waals surface area (Å²) in [5.41, 5.74) is 2.78. The number of rotatable bonds is 1. The zero-order valence-electron chi connectivity index (χ0n) is 15.2. The molecule has 142 valence electrons. The fourth-order valence-electron chi connectivity index (χ4n) is 3.37. The number of anilines is 1. The van der Waals surface area contributed by atoms with Crippen LogP contribution < -0.4 is 5.32 Å². The Kier molecular flexibility index (Phi) is 4.23. The first-order valence-corrected chi connectivity index (χ1v) is 9.60. The molecule has 0 aromatic heterocycles. The Bertz CT molecular complexity index is 1050. The molecule has 2 aromatic carbocycles. The van der Waals surface area contributed by atoms with Crippen molar-refractivity contribution in [2.24, 2.45) is 4.99 Å². The van der Waals surface area contributed by atoms with E-state index in [1.54, 1.807) is 31.2 Å². The molecule has 4 amide bonds. The maximum Gasteiger partial charge on any atom is 0.352 e. The predicted molar refractivity (Wildman–Crippen MR) is 107 cm³/mol. The lowest BCUT2D eigenvalue weighted by Crippen LogP contribution is -2.43. The first-order valence-electron chi connectivity index (χ1n) is 8.61. The molecule has 2 heterocycles. The lowest BCUT2D eigenvalue weighted by atomic mass is 10.1. The van der Waals surface area contributed by atoms with Crippen molar-refractivity contribution in [2.45, 2.75) is 18.7 Å². The highest BCUT2D eigenvalue weighted by molar-refractivity contribution is 8.01. The summed E-state index contributed by atoms with van der Waals surface area (Å²) in [6, 6.07) is 10.9. The smallest absolute Gasteiger partial charge is 0.352 e. The second-order valence-corrected chi connectivity index (χ2v) is 8.17. The van der Waals surface area contributed by atoms with E-state index in [1.165, 1.54) is 23.9 Å². The van der Waals surface area contributed by atoms with Gasteiger partial charge in [0.25, 0.3) is 5.91 Å². The summed E-state index contributed by atoms with van der Waals surface area (Å²) in [6.45, 7) is 3.65. The molecule has 0 saturated carbocycles. The van der Waals surface area contributed by atoms with Crippen molar-refractivity contribution in [1.82, 2.24) is 4.90 Å². The standard InChI is InChI=1S/C20H17N3O4S/c1-11-3-8-14-15(9-11)21-18(26)17(14)22-19(27)23-16(25)10-28-20(23,2)12-4-6-13(24)7-5-12/h3-9,24H,10H2,1-2H3,(H,21,22,26,27). The van der Waals surface area contributed by atoms with Gasteiger partial charge in [-0.25, -0.2) is 9.69 Å². The fraction of sp³-hybridized carbons (Fsp3) is 0.200. The summed E-state index contributed by atoms with van der Waals surface area (Å²) in [6.07, 6.45) is 0. The number of phenolic OH excluding ortho intramolecular Hbond substituents is 1. The molecule has 0 radical (unpaired) electrons. The van der Waals surface area contributed by atoms with E-state index in [-0.39, 0.29) is 23.1 Å². The number of aryl methyl sites for hydroxylation is 1. The summed E-state index contributed by atoms with van der Waals surface area (Å²) in [5, 5.41) is 12.2. The second kappa shape index (κ2) is 6.49. The first kappa shape index (κ1) is 18.2. The van der Waals surface area contributed by atoms with Gasteiger partial charge < -0.3 is 10.4 Å². The minimum Gasteiger partial charge on any atom is -0.508 e. The van der Waals surface area contributed by atoms with Crippen LogP contribution >= 0.6 is 11.8 Å². The maximum atomic E-state index is 13.0. The number of carbonyl (C=O) groups excluding carboxylic acids is 3. The normalized spacial score (nSPS) is 22.5. The van der Waals surface area contributed by atoms with Crippen LogP contribution in [0.25, 0.3) is 0 Å². The largest absolute Gasteiger partial charge is 0.508 e. The number of aromatic hydroxyl groups is 1. The van der Waals surface area contributed by atoms with Crippen molar-refractivity contribution >= 4 is 41.0 Å². The Morgan fingerprint density at radius 1 is 1.21 bits per heavy atom. The van der Waals surface area contributed by atoms with Gasteiger partial charge in [0.05, 0.1) is 11.4 Å². The number of nitrogens with zero attached hydrogens (tertiary/aromatic N) is 2. The highest BCUT2D eigenvalue weighted by atomic mass is 32.2. The Balaban J connectivity index is 1.72.